The Morgan fingerprint density at radius 2 is 1.90 bits per heavy atom. The van der Waals surface area contributed by atoms with Gasteiger partial charge in [0.25, 0.3) is 0 Å². The predicted octanol–water partition coefficient (Wildman–Crippen LogP) is 3.33. The lowest BCUT2D eigenvalue weighted by atomic mass is 10.1. The molecule has 21 heavy (non-hydrogen) atoms. The van der Waals surface area contributed by atoms with Gasteiger partial charge < -0.3 is 5.32 Å². The molecule has 1 N–H and O–H groups in total. The molecule has 112 valence electrons. The molecule has 1 aromatic heterocycles. The lowest BCUT2D eigenvalue weighted by Gasteiger charge is -2.23. The number of hydrogen-bond donors (Lipinski definition) is 1. The van der Waals surface area contributed by atoms with Crippen LogP contribution in [-0.4, -0.2) is 26.7 Å². The Morgan fingerprint density at radius 3 is 2.57 bits per heavy atom. The van der Waals surface area contributed by atoms with Gasteiger partial charge in [0, 0.05) is 10.9 Å². The third-order valence-corrected chi connectivity index (χ3v) is 3.94. The SMILES string of the molecule is Cc1nc(S[C@@H](C)C(=O)NC(C)(C)C)c2ccccc2n1. The predicted molar refractivity (Wildman–Crippen MR) is 87.5 cm³/mol. The van der Waals surface area contributed by atoms with Gasteiger partial charge >= 0.3 is 0 Å². The molecule has 2 rings (SSSR count). The van der Waals surface area contributed by atoms with Crippen LogP contribution in [-0.2, 0) is 4.79 Å². The van der Waals surface area contributed by atoms with Crippen molar-refractivity contribution < 1.29 is 4.79 Å². The highest BCUT2D eigenvalue weighted by Gasteiger charge is 2.21. The summed E-state index contributed by atoms with van der Waals surface area (Å²) >= 11 is 1.47. The van der Waals surface area contributed by atoms with E-state index in [1.165, 1.54) is 11.8 Å². The van der Waals surface area contributed by atoms with Crippen LogP contribution in [0.15, 0.2) is 29.3 Å². The lowest BCUT2D eigenvalue weighted by Crippen LogP contribution is -2.44. The standard InChI is InChI=1S/C16H21N3OS/c1-10(14(20)19-16(3,4)5)21-15-12-8-6-7-9-13(12)17-11(2)18-15/h6-10H,1-5H3,(H,19,20)/t10-/m0/s1. The van der Waals surface area contributed by atoms with E-state index < -0.39 is 0 Å². The van der Waals surface area contributed by atoms with Crippen LogP contribution in [0.3, 0.4) is 0 Å². The first kappa shape index (κ1) is 15.8. The zero-order chi connectivity index (χ0) is 15.6. The topological polar surface area (TPSA) is 54.9 Å². The van der Waals surface area contributed by atoms with Gasteiger partial charge in [-0.05, 0) is 40.7 Å². The summed E-state index contributed by atoms with van der Waals surface area (Å²) in [5.41, 5.74) is 0.686. The molecule has 0 fully saturated rings. The molecule has 0 saturated heterocycles. The van der Waals surface area contributed by atoms with Crippen LogP contribution in [0.1, 0.15) is 33.5 Å². The van der Waals surface area contributed by atoms with E-state index in [2.05, 4.69) is 15.3 Å². The first-order chi connectivity index (χ1) is 9.76. The molecule has 0 aliphatic heterocycles. The van der Waals surface area contributed by atoms with E-state index in [9.17, 15) is 4.79 Å². The molecule has 4 nitrogen and oxygen atoms in total. The molecule has 1 amide bonds. The van der Waals surface area contributed by atoms with Crippen LogP contribution >= 0.6 is 11.8 Å². The minimum absolute atomic E-state index is 0.0212. The molecule has 0 unspecified atom stereocenters. The van der Waals surface area contributed by atoms with E-state index in [4.69, 9.17) is 0 Å². The van der Waals surface area contributed by atoms with E-state index in [1.807, 2.05) is 58.9 Å². The molecule has 0 aliphatic carbocycles. The normalized spacial score (nSPS) is 13.2. The Kier molecular flexibility index (Phi) is 4.52. The number of benzene rings is 1. The Balaban J connectivity index is 2.25. The van der Waals surface area contributed by atoms with Gasteiger partial charge in [-0.1, -0.05) is 30.0 Å². The van der Waals surface area contributed by atoms with Gasteiger partial charge in [-0.15, -0.1) is 0 Å². The summed E-state index contributed by atoms with van der Waals surface area (Å²) in [5, 5.41) is 4.64. The molecule has 1 aromatic carbocycles. The van der Waals surface area contributed by atoms with Crippen LogP contribution in [0.5, 0.6) is 0 Å². The Labute approximate surface area is 129 Å². The van der Waals surface area contributed by atoms with Crippen LogP contribution in [0.2, 0.25) is 0 Å². The number of amides is 1. The molecule has 5 heteroatoms. The second kappa shape index (κ2) is 6.02. The van der Waals surface area contributed by atoms with Crippen LogP contribution in [0, 0.1) is 6.92 Å². The summed E-state index contributed by atoms with van der Waals surface area (Å²) in [4.78, 5) is 21.1. The fourth-order valence-electron chi connectivity index (χ4n) is 1.94. The van der Waals surface area contributed by atoms with Crippen molar-refractivity contribution >= 4 is 28.6 Å². The van der Waals surface area contributed by atoms with Crippen molar-refractivity contribution in [1.29, 1.82) is 0 Å². The number of nitrogens with zero attached hydrogens (tertiary/aromatic N) is 2. The smallest absolute Gasteiger partial charge is 0.233 e. The molecule has 1 atom stereocenters. The maximum absolute atomic E-state index is 12.2. The molecule has 0 aliphatic rings. The average Bonchev–Trinajstić information content (AvgIpc) is 2.36. The summed E-state index contributed by atoms with van der Waals surface area (Å²) < 4.78 is 0. The van der Waals surface area contributed by atoms with Crippen molar-refractivity contribution in [3.63, 3.8) is 0 Å². The van der Waals surface area contributed by atoms with Crippen molar-refractivity contribution in [3.05, 3.63) is 30.1 Å². The second-order valence-corrected chi connectivity index (χ2v) is 7.42. The van der Waals surface area contributed by atoms with Gasteiger partial charge in [-0.2, -0.15) is 0 Å². The van der Waals surface area contributed by atoms with Gasteiger partial charge in [0.05, 0.1) is 10.8 Å². The highest BCUT2D eigenvalue weighted by atomic mass is 32.2. The molecular formula is C16H21N3OS. The van der Waals surface area contributed by atoms with Gasteiger partial charge in [-0.3, -0.25) is 4.79 Å². The van der Waals surface area contributed by atoms with Crippen LogP contribution < -0.4 is 5.32 Å². The van der Waals surface area contributed by atoms with Crippen molar-refractivity contribution in [3.8, 4) is 0 Å². The van der Waals surface area contributed by atoms with E-state index >= 15 is 0 Å². The number of nitrogens with one attached hydrogen (secondary N) is 1. The molecular weight excluding hydrogens is 282 g/mol. The number of carbonyl (C=O) groups is 1. The van der Waals surface area contributed by atoms with Gasteiger partial charge in [-0.25, -0.2) is 9.97 Å². The quantitative estimate of drug-likeness (QED) is 0.698. The molecule has 1 heterocycles. The minimum Gasteiger partial charge on any atom is -0.351 e. The zero-order valence-electron chi connectivity index (χ0n) is 13.1. The number of thioether (sulfide) groups is 1. The minimum atomic E-state index is -0.227. The molecule has 0 bridgehead atoms. The fourth-order valence-corrected chi connectivity index (χ4v) is 2.93. The average molecular weight is 303 g/mol. The van der Waals surface area contributed by atoms with Crippen molar-refractivity contribution in [1.82, 2.24) is 15.3 Å². The maximum atomic E-state index is 12.2. The van der Waals surface area contributed by atoms with E-state index in [0.29, 0.717) is 0 Å². The first-order valence-electron chi connectivity index (χ1n) is 6.98. The highest BCUT2D eigenvalue weighted by Crippen LogP contribution is 2.28. The van der Waals surface area contributed by atoms with Crippen molar-refractivity contribution in [2.45, 2.75) is 50.4 Å². The van der Waals surface area contributed by atoms with E-state index in [1.54, 1.807) is 0 Å². The third-order valence-electron chi connectivity index (χ3n) is 2.84. The monoisotopic (exact) mass is 303 g/mol. The summed E-state index contributed by atoms with van der Waals surface area (Å²) in [7, 11) is 0. The Hall–Kier alpha value is -1.62. The van der Waals surface area contributed by atoms with Crippen molar-refractivity contribution in [2.24, 2.45) is 0 Å². The number of fused-ring (bicyclic) bond motifs is 1. The zero-order valence-corrected chi connectivity index (χ0v) is 13.9. The number of hydrogen-bond acceptors (Lipinski definition) is 4. The van der Waals surface area contributed by atoms with Crippen LogP contribution in [0.4, 0.5) is 0 Å². The second-order valence-electron chi connectivity index (χ2n) is 6.09. The summed E-state index contributed by atoms with van der Waals surface area (Å²) in [6.07, 6.45) is 0. The summed E-state index contributed by atoms with van der Waals surface area (Å²) in [6, 6.07) is 7.88. The third kappa shape index (κ3) is 4.17. The summed E-state index contributed by atoms with van der Waals surface area (Å²) in [5.74, 6) is 0.743. The van der Waals surface area contributed by atoms with Gasteiger partial charge in [0.2, 0.25) is 5.91 Å². The molecule has 0 radical (unpaired) electrons. The van der Waals surface area contributed by atoms with Gasteiger partial charge in [0.15, 0.2) is 0 Å². The van der Waals surface area contributed by atoms with E-state index in [-0.39, 0.29) is 16.7 Å². The number of aromatic nitrogens is 2. The molecule has 2 aromatic rings. The van der Waals surface area contributed by atoms with E-state index in [0.717, 1.165) is 21.8 Å². The number of aryl methyl sites for hydroxylation is 1. The number of para-hydroxylation sites is 1. The number of carbonyl (C=O) groups excluding carboxylic acids is 1. The lowest BCUT2D eigenvalue weighted by molar-refractivity contribution is -0.121. The molecule has 0 spiro atoms. The maximum Gasteiger partial charge on any atom is 0.233 e. The largest absolute Gasteiger partial charge is 0.351 e. The highest BCUT2D eigenvalue weighted by molar-refractivity contribution is 8.00. The Bertz CT molecular complexity index is 664. The molecule has 0 saturated carbocycles. The Morgan fingerprint density at radius 1 is 1.24 bits per heavy atom. The first-order valence-corrected chi connectivity index (χ1v) is 7.86. The number of rotatable bonds is 3. The van der Waals surface area contributed by atoms with Crippen molar-refractivity contribution in [2.75, 3.05) is 0 Å². The fraction of sp³-hybridized carbons (Fsp3) is 0.438. The van der Waals surface area contributed by atoms with Gasteiger partial charge in [0.1, 0.15) is 10.9 Å². The summed E-state index contributed by atoms with van der Waals surface area (Å²) in [6.45, 7) is 9.71. The van der Waals surface area contributed by atoms with Crippen LogP contribution in [0.25, 0.3) is 10.9 Å².